The summed E-state index contributed by atoms with van der Waals surface area (Å²) < 4.78 is 37.7. The Balaban J connectivity index is 1.49. The van der Waals surface area contributed by atoms with Crippen LogP contribution < -0.4 is 10.6 Å². The van der Waals surface area contributed by atoms with E-state index in [2.05, 4.69) is 50.9 Å². The summed E-state index contributed by atoms with van der Waals surface area (Å²) in [6, 6.07) is 14.4. The van der Waals surface area contributed by atoms with Crippen molar-refractivity contribution in [2.24, 2.45) is 4.99 Å². The number of guanidine groups is 1. The van der Waals surface area contributed by atoms with Gasteiger partial charge in [-0.2, -0.15) is 13.2 Å². The van der Waals surface area contributed by atoms with Crippen LogP contribution >= 0.6 is 11.3 Å². The Morgan fingerprint density at radius 1 is 1.11 bits per heavy atom. The van der Waals surface area contributed by atoms with Crippen molar-refractivity contribution in [1.82, 2.24) is 15.6 Å². The van der Waals surface area contributed by atoms with Crippen molar-refractivity contribution in [3.63, 3.8) is 0 Å². The average Bonchev–Trinajstić information content (AvgIpc) is 3.14. The minimum absolute atomic E-state index is 0.400. The molecule has 1 aromatic heterocycles. The Labute approximate surface area is 159 Å². The SMILES string of the molecule is CN=C(NCCc1nc(C(F)(F)F)cs1)NCc1ccc2ccccc2c1. The largest absolute Gasteiger partial charge is 0.434 e. The number of nitrogens with zero attached hydrogens (tertiary/aromatic N) is 2. The van der Waals surface area contributed by atoms with Gasteiger partial charge in [0.15, 0.2) is 11.7 Å². The number of benzene rings is 2. The van der Waals surface area contributed by atoms with Crippen LogP contribution in [0.25, 0.3) is 10.8 Å². The molecule has 8 heteroatoms. The van der Waals surface area contributed by atoms with Crippen LogP contribution in [0.5, 0.6) is 0 Å². The molecule has 0 spiro atoms. The molecule has 0 aliphatic rings. The van der Waals surface area contributed by atoms with Crippen molar-refractivity contribution in [1.29, 1.82) is 0 Å². The number of halogens is 3. The standard InChI is InChI=1S/C19H19F3N4S/c1-23-18(24-9-8-17-26-16(12-27-17)19(20,21)22)25-11-13-6-7-14-4-2-3-5-15(14)10-13/h2-7,10,12H,8-9,11H2,1H3,(H2,23,24,25). The molecule has 2 N–H and O–H groups in total. The molecule has 0 amide bonds. The number of rotatable bonds is 5. The molecule has 0 aliphatic carbocycles. The van der Waals surface area contributed by atoms with E-state index in [1.165, 1.54) is 10.8 Å². The van der Waals surface area contributed by atoms with Gasteiger partial charge >= 0.3 is 6.18 Å². The van der Waals surface area contributed by atoms with Gasteiger partial charge in [0.25, 0.3) is 0 Å². The third kappa shape index (κ3) is 5.19. The highest BCUT2D eigenvalue weighted by molar-refractivity contribution is 7.09. The summed E-state index contributed by atoms with van der Waals surface area (Å²) >= 11 is 1.02. The number of fused-ring (bicyclic) bond motifs is 1. The van der Waals surface area contributed by atoms with E-state index >= 15 is 0 Å². The zero-order valence-electron chi connectivity index (χ0n) is 14.7. The molecular formula is C19H19F3N4S. The van der Waals surface area contributed by atoms with E-state index in [0.717, 1.165) is 22.3 Å². The maximum absolute atomic E-state index is 12.6. The summed E-state index contributed by atoms with van der Waals surface area (Å²) in [6.07, 6.45) is -3.99. The van der Waals surface area contributed by atoms with E-state index in [-0.39, 0.29) is 0 Å². The number of aromatic nitrogens is 1. The monoisotopic (exact) mass is 392 g/mol. The molecule has 27 heavy (non-hydrogen) atoms. The Bertz CT molecular complexity index is 934. The van der Waals surface area contributed by atoms with Crippen molar-refractivity contribution in [3.05, 3.63) is 64.1 Å². The van der Waals surface area contributed by atoms with Crippen LogP contribution in [0.1, 0.15) is 16.3 Å². The fourth-order valence-electron chi connectivity index (χ4n) is 2.60. The van der Waals surface area contributed by atoms with Gasteiger partial charge in [-0.25, -0.2) is 4.98 Å². The topological polar surface area (TPSA) is 49.3 Å². The van der Waals surface area contributed by atoms with Gasteiger partial charge in [0.1, 0.15) is 0 Å². The number of hydrogen-bond donors (Lipinski definition) is 2. The van der Waals surface area contributed by atoms with E-state index in [9.17, 15) is 13.2 Å². The first-order valence-electron chi connectivity index (χ1n) is 8.39. The number of nitrogens with one attached hydrogen (secondary N) is 2. The minimum Gasteiger partial charge on any atom is -0.356 e. The van der Waals surface area contributed by atoms with Gasteiger partial charge in [-0.15, -0.1) is 11.3 Å². The van der Waals surface area contributed by atoms with Crippen molar-refractivity contribution in [2.75, 3.05) is 13.6 Å². The molecular weight excluding hydrogens is 373 g/mol. The molecule has 4 nitrogen and oxygen atoms in total. The second-order valence-corrected chi connectivity index (χ2v) is 6.85. The highest BCUT2D eigenvalue weighted by Gasteiger charge is 2.33. The highest BCUT2D eigenvalue weighted by atomic mass is 32.1. The molecule has 1 heterocycles. The zero-order valence-corrected chi connectivity index (χ0v) is 15.5. The Morgan fingerprint density at radius 3 is 2.59 bits per heavy atom. The maximum atomic E-state index is 12.6. The smallest absolute Gasteiger partial charge is 0.356 e. The number of aliphatic imine (C=N–C) groups is 1. The van der Waals surface area contributed by atoms with Gasteiger partial charge < -0.3 is 10.6 Å². The van der Waals surface area contributed by atoms with E-state index in [0.29, 0.717) is 30.5 Å². The predicted molar refractivity (Wildman–Crippen MR) is 103 cm³/mol. The Kier molecular flexibility index (Phi) is 5.95. The summed E-state index contributed by atoms with van der Waals surface area (Å²) in [5.41, 5.74) is 0.285. The van der Waals surface area contributed by atoms with Crippen LogP contribution in [-0.2, 0) is 19.1 Å². The summed E-state index contributed by atoms with van der Waals surface area (Å²) in [5, 5.41) is 10.1. The lowest BCUT2D eigenvalue weighted by Gasteiger charge is -2.12. The lowest BCUT2D eigenvalue weighted by atomic mass is 10.1. The van der Waals surface area contributed by atoms with Crippen LogP contribution in [0.4, 0.5) is 13.2 Å². The van der Waals surface area contributed by atoms with Crippen LogP contribution in [0.15, 0.2) is 52.8 Å². The Morgan fingerprint density at radius 2 is 1.89 bits per heavy atom. The third-order valence-electron chi connectivity index (χ3n) is 3.97. The predicted octanol–water partition coefficient (Wildman–Crippen LogP) is 4.22. The first kappa shape index (κ1) is 19.2. The fraction of sp³-hybridized carbons (Fsp3) is 0.263. The lowest BCUT2D eigenvalue weighted by Crippen LogP contribution is -2.37. The van der Waals surface area contributed by atoms with Crippen LogP contribution in [-0.4, -0.2) is 24.5 Å². The summed E-state index contributed by atoms with van der Waals surface area (Å²) in [6.45, 7) is 1.04. The number of hydrogen-bond acceptors (Lipinski definition) is 3. The third-order valence-corrected chi connectivity index (χ3v) is 4.88. The van der Waals surface area contributed by atoms with Gasteiger partial charge in [0, 0.05) is 31.9 Å². The molecule has 0 fully saturated rings. The van der Waals surface area contributed by atoms with Gasteiger partial charge in [0.05, 0.1) is 5.01 Å². The van der Waals surface area contributed by atoms with Crippen LogP contribution in [0.2, 0.25) is 0 Å². The molecule has 0 unspecified atom stereocenters. The fourth-order valence-corrected chi connectivity index (χ4v) is 3.40. The molecule has 0 bridgehead atoms. The summed E-state index contributed by atoms with van der Waals surface area (Å²) in [7, 11) is 1.65. The molecule has 0 saturated heterocycles. The van der Waals surface area contributed by atoms with Crippen molar-refractivity contribution in [3.8, 4) is 0 Å². The van der Waals surface area contributed by atoms with Gasteiger partial charge in [-0.3, -0.25) is 4.99 Å². The molecule has 3 aromatic rings. The molecule has 0 radical (unpaired) electrons. The first-order chi connectivity index (χ1) is 13.0. The summed E-state index contributed by atoms with van der Waals surface area (Å²) in [5.74, 6) is 0.593. The second kappa shape index (κ2) is 8.39. The minimum atomic E-state index is -4.39. The van der Waals surface area contributed by atoms with Gasteiger partial charge in [-0.1, -0.05) is 36.4 Å². The van der Waals surface area contributed by atoms with Crippen LogP contribution in [0, 0.1) is 0 Å². The molecule has 0 aliphatic heterocycles. The van der Waals surface area contributed by atoms with Gasteiger partial charge in [-0.05, 0) is 22.4 Å². The zero-order chi connectivity index (χ0) is 19.3. The van der Waals surface area contributed by atoms with E-state index in [1.54, 1.807) is 7.05 Å². The number of thiazole rings is 1. The van der Waals surface area contributed by atoms with E-state index in [1.807, 2.05) is 12.1 Å². The van der Waals surface area contributed by atoms with Crippen molar-refractivity contribution < 1.29 is 13.2 Å². The normalized spacial score (nSPS) is 12.4. The van der Waals surface area contributed by atoms with E-state index < -0.39 is 11.9 Å². The first-order valence-corrected chi connectivity index (χ1v) is 9.27. The summed E-state index contributed by atoms with van der Waals surface area (Å²) in [4.78, 5) is 7.76. The highest BCUT2D eigenvalue weighted by Crippen LogP contribution is 2.30. The molecule has 3 rings (SSSR count). The van der Waals surface area contributed by atoms with Crippen molar-refractivity contribution >= 4 is 28.1 Å². The molecule has 142 valence electrons. The Hall–Kier alpha value is -2.61. The van der Waals surface area contributed by atoms with Crippen molar-refractivity contribution in [2.45, 2.75) is 19.1 Å². The maximum Gasteiger partial charge on any atom is 0.434 e. The van der Waals surface area contributed by atoms with Gasteiger partial charge in [0.2, 0.25) is 0 Å². The number of alkyl halides is 3. The lowest BCUT2D eigenvalue weighted by molar-refractivity contribution is -0.140. The van der Waals surface area contributed by atoms with Crippen LogP contribution in [0.3, 0.4) is 0 Å². The average molecular weight is 392 g/mol. The van der Waals surface area contributed by atoms with E-state index in [4.69, 9.17) is 0 Å². The molecule has 0 saturated carbocycles. The quantitative estimate of drug-likeness (QED) is 0.505. The second-order valence-electron chi connectivity index (χ2n) is 5.91. The molecule has 0 atom stereocenters. The molecule has 2 aromatic carbocycles.